The summed E-state index contributed by atoms with van der Waals surface area (Å²) in [5.41, 5.74) is 13.5. The van der Waals surface area contributed by atoms with Gasteiger partial charge in [0.05, 0.1) is 27.5 Å². The molecule has 3 heterocycles. The summed E-state index contributed by atoms with van der Waals surface area (Å²) in [6.45, 7) is 0. The second kappa shape index (κ2) is 10.8. The van der Waals surface area contributed by atoms with Crippen molar-refractivity contribution in [2.24, 2.45) is 0 Å². The van der Waals surface area contributed by atoms with Gasteiger partial charge in [0, 0.05) is 38.3 Å². The number of rotatable bonds is 4. The molecule has 0 spiro atoms. The molecule has 0 N–H and O–H groups in total. The van der Waals surface area contributed by atoms with Gasteiger partial charge < -0.3 is 13.6 Å². The topological polar surface area (TPSA) is 23.0 Å². The molecule has 238 valence electrons. The molecule has 3 nitrogen and oxygen atoms in total. The number of nitrogens with zero attached hydrogens (tertiary/aromatic N) is 2. The summed E-state index contributed by atoms with van der Waals surface area (Å²) in [6, 6.07) is 65.4. The average Bonchev–Trinajstić information content (AvgIpc) is 3.86. The fourth-order valence-corrected chi connectivity index (χ4v) is 8.20. The molecular formula is C48H30N2O. The van der Waals surface area contributed by atoms with Crippen molar-refractivity contribution in [1.29, 1.82) is 0 Å². The number of furan rings is 1. The van der Waals surface area contributed by atoms with Crippen LogP contribution in [0.2, 0.25) is 0 Å². The van der Waals surface area contributed by atoms with E-state index in [1.807, 2.05) is 6.07 Å². The number of hydrogen-bond donors (Lipinski definition) is 0. The Bertz CT molecular complexity index is 3070. The fraction of sp³-hybridized carbons (Fsp3) is 0. The summed E-state index contributed by atoms with van der Waals surface area (Å²) in [4.78, 5) is 0. The number of para-hydroxylation sites is 3. The third-order valence-corrected chi connectivity index (χ3v) is 10.5. The van der Waals surface area contributed by atoms with Gasteiger partial charge in [-0.1, -0.05) is 115 Å². The van der Waals surface area contributed by atoms with E-state index in [4.69, 9.17) is 4.42 Å². The molecule has 0 amide bonds. The van der Waals surface area contributed by atoms with E-state index in [2.05, 4.69) is 185 Å². The highest BCUT2D eigenvalue weighted by Crippen LogP contribution is 2.42. The number of hydrogen-bond acceptors (Lipinski definition) is 1. The normalized spacial score (nSPS) is 11.9. The average molecular weight is 651 g/mol. The lowest BCUT2D eigenvalue weighted by atomic mass is 9.99. The second-order valence-corrected chi connectivity index (χ2v) is 13.3. The van der Waals surface area contributed by atoms with Crippen LogP contribution in [0.4, 0.5) is 0 Å². The van der Waals surface area contributed by atoms with Crippen LogP contribution >= 0.6 is 0 Å². The molecule has 3 heteroatoms. The zero-order chi connectivity index (χ0) is 33.5. The predicted molar refractivity (Wildman–Crippen MR) is 213 cm³/mol. The Morgan fingerprint density at radius 2 is 0.863 bits per heavy atom. The number of aromatic nitrogens is 2. The first-order valence-electron chi connectivity index (χ1n) is 17.4. The highest BCUT2D eigenvalue weighted by molar-refractivity contribution is 6.24. The molecule has 0 saturated carbocycles. The van der Waals surface area contributed by atoms with E-state index in [-0.39, 0.29) is 0 Å². The second-order valence-electron chi connectivity index (χ2n) is 13.3. The summed E-state index contributed by atoms with van der Waals surface area (Å²) >= 11 is 0. The van der Waals surface area contributed by atoms with Gasteiger partial charge in [0.1, 0.15) is 11.2 Å². The van der Waals surface area contributed by atoms with Crippen molar-refractivity contribution in [3.05, 3.63) is 182 Å². The van der Waals surface area contributed by atoms with Gasteiger partial charge in [0.25, 0.3) is 0 Å². The van der Waals surface area contributed by atoms with Gasteiger partial charge in [0.15, 0.2) is 0 Å². The Balaban J connectivity index is 1.14. The van der Waals surface area contributed by atoms with Crippen LogP contribution in [-0.2, 0) is 0 Å². The molecule has 0 atom stereocenters. The predicted octanol–water partition coefficient (Wildman–Crippen LogP) is 13.1. The Hall–Kier alpha value is -6.84. The molecule has 0 aliphatic rings. The Labute approximate surface area is 293 Å². The van der Waals surface area contributed by atoms with Gasteiger partial charge in [-0.05, 0) is 89.0 Å². The van der Waals surface area contributed by atoms with Crippen LogP contribution < -0.4 is 0 Å². The summed E-state index contributed by atoms with van der Waals surface area (Å²) in [6.07, 6.45) is 0. The lowest BCUT2D eigenvalue weighted by molar-refractivity contribution is 0.673. The standard InChI is InChI=1S/C48H30N2O/c1-2-11-31(12-3-1)33-13-10-14-34(29-33)32-21-23-35(24-22-32)49-44-27-25-36(50-42-18-7-4-15-37(42)38-16-5-8-19-43(38)50)30-41(44)47-45(49)28-26-40-39-17-6-9-20-46(39)51-48(40)47/h1-30H. The summed E-state index contributed by atoms with van der Waals surface area (Å²) in [5, 5.41) is 7.06. The monoisotopic (exact) mass is 650 g/mol. The lowest BCUT2D eigenvalue weighted by Gasteiger charge is -2.11. The van der Waals surface area contributed by atoms with Crippen molar-refractivity contribution in [3.8, 4) is 33.6 Å². The highest BCUT2D eigenvalue weighted by Gasteiger charge is 2.20. The molecule has 0 unspecified atom stereocenters. The van der Waals surface area contributed by atoms with Gasteiger partial charge in [-0.25, -0.2) is 0 Å². The largest absolute Gasteiger partial charge is 0.455 e. The summed E-state index contributed by atoms with van der Waals surface area (Å²) in [5.74, 6) is 0. The maximum absolute atomic E-state index is 6.70. The van der Waals surface area contributed by atoms with Crippen molar-refractivity contribution < 1.29 is 4.42 Å². The van der Waals surface area contributed by atoms with Crippen molar-refractivity contribution in [2.45, 2.75) is 0 Å². The summed E-state index contributed by atoms with van der Waals surface area (Å²) < 4.78 is 11.5. The van der Waals surface area contributed by atoms with Gasteiger partial charge >= 0.3 is 0 Å². The Morgan fingerprint density at radius 3 is 1.61 bits per heavy atom. The van der Waals surface area contributed by atoms with Gasteiger partial charge in [-0.2, -0.15) is 0 Å². The fourth-order valence-electron chi connectivity index (χ4n) is 8.20. The quantitative estimate of drug-likeness (QED) is 0.186. The van der Waals surface area contributed by atoms with Crippen molar-refractivity contribution in [2.75, 3.05) is 0 Å². The first kappa shape index (κ1) is 28.0. The maximum Gasteiger partial charge on any atom is 0.145 e. The third kappa shape index (κ3) is 4.19. The van der Waals surface area contributed by atoms with Crippen LogP contribution in [0.1, 0.15) is 0 Å². The molecule has 0 aliphatic heterocycles. The van der Waals surface area contributed by atoms with Gasteiger partial charge in [-0.15, -0.1) is 0 Å². The maximum atomic E-state index is 6.70. The van der Waals surface area contributed by atoms with Crippen LogP contribution in [0.25, 0.3) is 99.2 Å². The SMILES string of the molecule is c1ccc(-c2cccc(-c3ccc(-n4c5ccc(-n6c7ccccc7c7ccccc76)cc5c5c6oc7ccccc7c6ccc54)cc3)c2)cc1. The van der Waals surface area contributed by atoms with Crippen LogP contribution in [0.15, 0.2) is 186 Å². The van der Waals surface area contributed by atoms with E-state index in [9.17, 15) is 0 Å². The molecule has 0 aliphatic carbocycles. The van der Waals surface area contributed by atoms with Crippen LogP contribution in [0.5, 0.6) is 0 Å². The van der Waals surface area contributed by atoms with E-state index >= 15 is 0 Å². The van der Waals surface area contributed by atoms with Gasteiger partial charge in [0.2, 0.25) is 0 Å². The minimum Gasteiger partial charge on any atom is -0.455 e. The molecule has 51 heavy (non-hydrogen) atoms. The molecule has 0 bridgehead atoms. The zero-order valence-electron chi connectivity index (χ0n) is 27.6. The van der Waals surface area contributed by atoms with E-state index < -0.39 is 0 Å². The molecule has 11 rings (SSSR count). The molecule has 0 fully saturated rings. The first-order valence-corrected chi connectivity index (χ1v) is 17.4. The number of benzene rings is 8. The molecular weight excluding hydrogens is 621 g/mol. The molecule has 0 saturated heterocycles. The third-order valence-electron chi connectivity index (χ3n) is 10.5. The van der Waals surface area contributed by atoms with Crippen molar-refractivity contribution in [1.82, 2.24) is 9.13 Å². The van der Waals surface area contributed by atoms with Crippen LogP contribution in [0, 0.1) is 0 Å². The first-order chi connectivity index (χ1) is 25.3. The Kier molecular flexibility index (Phi) is 5.96. The molecule has 3 aromatic heterocycles. The van der Waals surface area contributed by atoms with Crippen molar-refractivity contribution >= 4 is 65.6 Å². The van der Waals surface area contributed by atoms with E-state index in [0.29, 0.717) is 0 Å². The van der Waals surface area contributed by atoms with E-state index in [0.717, 1.165) is 55.1 Å². The van der Waals surface area contributed by atoms with Crippen molar-refractivity contribution in [3.63, 3.8) is 0 Å². The Morgan fingerprint density at radius 1 is 0.314 bits per heavy atom. The molecule has 0 radical (unpaired) electrons. The number of fused-ring (bicyclic) bond motifs is 10. The van der Waals surface area contributed by atoms with Crippen LogP contribution in [-0.4, -0.2) is 9.13 Å². The molecule has 11 aromatic rings. The molecule has 8 aromatic carbocycles. The van der Waals surface area contributed by atoms with E-state index in [1.54, 1.807) is 0 Å². The minimum atomic E-state index is 0.904. The van der Waals surface area contributed by atoms with E-state index in [1.165, 1.54) is 44.1 Å². The van der Waals surface area contributed by atoms with Gasteiger partial charge in [-0.3, -0.25) is 0 Å². The zero-order valence-corrected chi connectivity index (χ0v) is 27.6. The lowest BCUT2D eigenvalue weighted by Crippen LogP contribution is -1.96. The van der Waals surface area contributed by atoms with Crippen LogP contribution in [0.3, 0.4) is 0 Å². The minimum absolute atomic E-state index is 0.904. The summed E-state index contributed by atoms with van der Waals surface area (Å²) in [7, 11) is 0. The smallest absolute Gasteiger partial charge is 0.145 e. The highest BCUT2D eigenvalue weighted by atomic mass is 16.3.